The lowest BCUT2D eigenvalue weighted by Crippen LogP contribution is -2.17. The summed E-state index contributed by atoms with van der Waals surface area (Å²) in [5.74, 6) is 0.0627. The molecular weight excluding hydrogens is 272 g/mol. The number of benzene rings is 1. The molecule has 108 valence electrons. The highest BCUT2D eigenvalue weighted by molar-refractivity contribution is 5.93. The third-order valence-electron chi connectivity index (χ3n) is 2.89. The second-order valence-corrected chi connectivity index (χ2v) is 4.26. The van der Waals surface area contributed by atoms with E-state index in [2.05, 4.69) is 15.6 Å². The quantitative estimate of drug-likeness (QED) is 0.647. The number of nitrogens with one attached hydrogen (secondary N) is 2. The Morgan fingerprint density at radius 1 is 1.29 bits per heavy atom. The highest BCUT2D eigenvalue weighted by Gasteiger charge is 2.13. The van der Waals surface area contributed by atoms with Crippen molar-refractivity contribution in [1.29, 1.82) is 0 Å². The molecule has 0 unspecified atom stereocenters. The fourth-order valence-corrected chi connectivity index (χ4v) is 1.78. The van der Waals surface area contributed by atoms with Gasteiger partial charge in [0.2, 0.25) is 5.82 Å². The Labute approximate surface area is 121 Å². The summed E-state index contributed by atoms with van der Waals surface area (Å²) < 4.78 is 0. The highest BCUT2D eigenvalue weighted by atomic mass is 16.6. The number of nitro groups is 1. The summed E-state index contributed by atoms with van der Waals surface area (Å²) >= 11 is 0. The molecular formula is C14H14N4O3. The van der Waals surface area contributed by atoms with E-state index in [1.54, 1.807) is 31.3 Å². The molecule has 0 radical (unpaired) electrons. The van der Waals surface area contributed by atoms with Gasteiger partial charge < -0.3 is 10.6 Å². The van der Waals surface area contributed by atoms with Crippen molar-refractivity contribution in [3.8, 4) is 0 Å². The Kier molecular flexibility index (Phi) is 4.45. The van der Waals surface area contributed by atoms with Crippen molar-refractivity contribution in [3.05, 3.63) is 63.8 Å². The van der Waals surface area contributed by atoms with Crippen LogP contribution in [0.15, 0.2) is 42.6 Å². The second kappa shape index (κ2) is 6.47. The van der Waals surface area contributed by atoms with Crippen molar-refractivity contribution in [2.45, 2.75) is 6.54 Å². The predicted molar refractivity (Wildman–Crippen MR) is 78.1 cm³/mol. The van der Waals surface area contributed by atoms with Crippen LogP contribution in [0.1, 0.15) is 15.9 Å². The zero-order chi connectivity index (χ0) is 15.2. The topological polar surface area (TPSA) is 97.2 Å². The minimum atomic E-state index is -0.482. The number of pyridine rings is 1. The molecule has 0 saturated carbocycles. The molecule has 0 bridgehead atoms. The number of amides is 1. The van der Waals surface area contributed by atoms with E-state index in [1.807, 2.05) is 0 Å². The van der Waals surface area contributed by atoms with Crippen LogP contribution in [0, 0.1) is 10.1 Å². The van der Waals surface area contributed by atoms with Crippen LogP contribution in [0.25, 0.3) is 0 Å². The van der Waals surface area contributed by atoms with Crippen molar-refractivity contribution < 1.29 is 9.72 Å². The Morgan fingerprint density at radius 3 is 2.62 bits per heavy atom. The number of hydrogen-bond donors (Lipinski definition) is 2. The molecule has 2 rings (SSSR count). The average Bonchev–Trinajstić information content (AvgIpc) is 2.52. The zero-order valence-electron chi connectivity index (χ0n) is 11.4. The molecule has 0 fully saturated rings. The standard InChI is InChI=1S/C14H14N4O3/c1-15-14(19)11-6-4-10(5-7-11)9-17-13-12(18(20)21)3-2-8-16-13/h2-8H,9H2,1H3,(H,15,19)(H,16,17). The average molecular weight is 286 g/mol. The molecule has 0 aliphatic rings. The molecule has 21 heavy (non-hydrogen) atoms. The third kappa shape index (κ3) is 3.53. The Morgan fingerprint density at radius 2 is 2.00 bits per heavy atom. The first kappa shape index (κ1) is 14.4. The monoisotopic (exact) mass is 286 g/mol. The van der Waals surface area contributed by atoms with Gasteiger partial charge in [0, 0.05) is 31.4 Å². The van der Waals surface area contributed by atoms with Crippen molar-refractivity contribution in [1.82, 2.24) is 10.3 Å². The van der Waals surface area contributed by atoms with E-state index in [9.17, 15) is 14.9 Å². The van der Waals surface area contributed by atoms with Gasteiger partial charge in [-0.25, -0.2) is 4.98 Å². The van der Waals surface area contributed by atoms with Crippen molar-refractivity contribution in [2.24, 2.45) is 0 Å². The van der Waals surface area contributed by atoms with Crippen LogP contribution in [-0.4, -0.2) is 22.9 Å². The summed E-state index contributed by atoms with van der Waals surface area (Å²) in [7, 11) is 1.57. The van der Waals surface area contributed by atoms with E-state index >= 15 is 0 Å². The van der Waals surface area contributed by atoms with Gasteiger partial charge >= 0.3 is 5.69 Å². The number of aromatic nitrogens is 1. The van der Waals surface area contributed by atoms with Crippen molar-refractivity contribution in [3.63, 3.8) is 0 Å². The fourth-order valence-electron chi connectivity index (χ4n) is 1.78. The van der Waals surface area contributed by atoms with Crippen molar-refractivity contribution >= 4 is 17.4 Å². The maximum absolute atomic E-state index is 11.4. The number of hydrogen-bond acceptors (Lipinski definition) is 5. The van der Waals surface area contributed by atoms with Crippen molar-refractivity contribution in [2.75, 3.05) is 12.4 Å². The minimum Gasteiger partial charge on any atom is -0.360 e. The third-order valence-corrected chi connectivity index (χ3v) is 2.89. The van der Waals surface area contributed by atoms with Gasteiger partial charge in [0.25, 0.3) is 5.91 Å². The van der Waals surface area contributed by atoms with Crippen LogP contribution >= 0.6 is 0 Å². The number of rotatable bonds is 5. The molecule has 2 aromatic rings. The Balaban J connectivity index is 2.07. The largest absolute Gasteiger partial charge is 0.360 e. The summed E-state index contributed by atoms with van der Waals surface area (Å²) in [5, 5.41) is 16.3. The molecule has 1 amide bonds. The summed E-state index contributed by atoms with van der Waals surface area (Å²) in [4.78, 5) is 25.8. The molecule has 0 saturated heterocycles. The van der Waals surface area contributed by atoms with Crippen LogP contribution in [0.3, 0.4) is 0 Å². The van der Waals surface area contributed by atoms with Crippen LogP contribution in [0.2, 0.25) is 0 Å². The molecule has 0 aliphatic carbocycles. The van der Waals surface area contributed by atoms with E-state index in [4.69, 9.17) is 0 Å². The van der Waals surface area contributed by atoms with Crippen LogP contribution < -0.4 is 10.6 Å². The molecule has 0 aliphatic heterocycles. The zero-order valence-corrected chi connectivity index (χ0v) is 11.4. The highest BCUT2D eigenvalue weighted by Crippen LogP contribution is 2.20. The van der Waals surface area contributed by atoms with E-state index in [0.717, 1.165) is 5.56 Å². The normalized spacial score (nSPS) is 9.95. The van der Waals surface area contributed by atoms with Crippen LogP contribution in [0.4, 0.5) is 11.5 Å². The molecule has 0 spiro atoms. The SMILES string of the molecule is CNC(=O)c1ccc(CNc2ncccc2[N+](=O)[O-])cc1. The number of nitrogens with zero attached hydrogens (tertiary/aromatic N) is 2. The van der Waals surface area contributed by atoms with Gasteiger partial charge in [0.1, 0.15) is 0 Å². The Bertz CT molecular complexity index is 656. The summed E-state index contributed by atoms with van der Waals surface area (Å²) in [6.07, 6.45) is 1.49. The first-order chi connectivity index (χ1) is 10.1. The van der Waals surface area contributed by atoms with Gasteiger partial charge in [-0.15, -0.1) is 0 Å². The van der Waals surface area contributed by atoms with Gasteiger partial charge in [-0.2, -0.15) is 0 Å². The summed E-state index contributed by atoms with van der Waals surface area (Å²) in [5.41, 5.74) is 1.38. The fraction of sp³-hybridized carbons (Fsp3) is 0.143. The van der Waals surface area contributed by atoms with E-state index in [1.165, 1.54) is 18.3 Å². The Hall–Kier alpha value is -2.96. The lowest BCUT2D eigenvalue weighted by molar-refractivity contribution is -0.384. The molecule has 1 aromatic heterocycles. The van der Waals surface area contributed by atoms with Crippen LogP contribution in [-0.2, 0) is 6.54 Å². The van der Waals surface area contributed by atoms with Gasteiger partial charge in [-0.1, -0.05) is 12.1 Å². The summed E-state index contributed by atoms with van der Waals surface area (Å²) in [6, 6.07) is 9.87. The minimum absolute atomic E-state index is 0.0699. The van der Waals surface area contributed by atoms with Gasteiger partial charge in [0.05, 0.1) is 4.92 Å². The maximum Gasteiger partial charge on any atom is 0.311 e. The molecule has 1 aromatic carbocycles. The maximum atomic E-state index is 11.4. The second-order valence-electron chi connectivity index (χ2n) is 4.26. The number of anilines is 1. The van der Waals surface area contributed by atoms with Gasteiger partial charge in [-0.3, -0.25) is 14.9 Å². The first-order valence-corrected chi connectivity index (χ1v) is 6.26. The van der Waals surface area contributed by atoms with E-state index < -0.39 is 4.92 Å². The van der Waals surface area contributed by atoms with Crippen LogP contribution in [0.5, 0.6) is 0 Å². The lowest BCUT2D eigenvalue weighted by atomic mass is 10.1. The molecule has 7 nitrogen and oxygen atoms in total. The molecule has 0 atom stereocenters. The molecule has 2 N–H and O–H groups in total. The number of carbonyl (C=O) groups is 1. The van der Waals surface area contributed by atoms with E-state index in [-0.39, 0.29) is 17.4 Å². The molecule has 1 heterocycles. The number of carbonyl (C=O) groups excluding carboxylic acids is 1. The van der Waals surface area contributed by atoms with Gasteiger partial charge in [0.15, 0.2) is 0 Å². The predicted octanol–water partition coefficient (Wildman–Crippen LogP) is 1.96. The smallest absolute Gasteiger partial charge is 0.311 e. The molecule has 7 heteroatoms. The van der Waals surface area contributed by atoms with Gasteiger partial charge in [-0.05, 0) is 23.8 Å². The summed E-state index contributed by atoms with van der Waals surface area (Å²) in [6.45, 7) is 0.381. The van der Waals surface area contributed by atoms with E-state index in [0.29, 0.717) is 12.1 Å². The first-order valence-electron chi connectivity index (χ1n) is 6.26. The lowest BCUT2D eigenvalue weighted by Gasteiger charge is -2.07.